The summed E-state index contributed by atoms with van der Waals surface area (Å²) in [5.41, 5.74) is 1.72. The Kier molecular flexibility index (Phi) is 7.63. The average molecular weight is 532 g/mol. The van der Waals surface area contributed by atoms with Gasteiger partial charge in [0.25, 0.3) is 0 Å². The summed E-state index contributed by atoms with van der Waals surface area (Å²) in [5.74, 6) is -0.334. The number of amides is 1. The highest BCUT2D eigenvalue weighted by atomic mass is 32.2. The summed E-state index contributed by atoms with van der Waals surface area (Å²) in [4.78, 5) is 32.0. The number of benzene rings is 2. The van der Waals surface area contributed by atoms with Gasteiger partial charge in [-0.25, -0.2) is 9.79 Å². The van der Waals surface area contributed by atoms with Crippen molar-refractivity contribution < 1.29 is 32.2 Å². The quantitative estimate of drug-likeness (QED) is 0.497. The number of carbonyl (C=O) groups is 2. The predicted molar refractivity (Wildman–Crippen MR) is 133 cm³/mol. The van der Waals surface area contributed by atoms with Crippen LogP contribution in [0.5, 0.6) is 5.75 Å². The van der Waals surface area contributed by atoms with Crippen LogP contribution in [0.4, 0.5) is 13.2 Å². The maximum absolute atomic E-state index is 13.0. The molecular formula is C26H24F3N3O4S. The van der Waals surface area contributed by atoms with Crippen molar-refractivity contribution in [1.82, 2.24) is 10.2 Å². The van der Waals surface area contributed by atoms with E-state index in [2.05, 4.69) is 10.3 Å². The van der Waals surface area contributed by atoms with Gasteiger partial charge in [0.2, 0.25) is 5.91 Å². The molecule has 2 aliphatic rings. The third-order valence-electron chi connectivity index (χ3n) is 5.90. The molecule has 2 aliphatic heterocycles. The maximum atomic E-state index is 13.0. The Labute approximate surface area is 216 Å². The molecule has 0 saturated carbocycles. The summed E-state index contributed by atoms with van der Waals surface area (Å²) in [7, 11) is 2.84. The summed E-state index contributed by atoms with van der Waals surface area (Å²) < 4.78 is 49.4. The first kappa shape index (κ1) is 26.3. The Hall–Kier alpha value is -3.73. The van der Waals surface area contributed by atoms with E-state index in [1.165, 1.54) is 31.0 Å². The Bertz CT molecular complexity index is 1320. The molecular weight excluding hydrogens is 507 g/mol. The van der Waals surface area contributed by atoms with Crippen molar-refractivity contribution >= 4 is 28.8 Å². The predicted octanol–water partition coefficient (Wildman–Crippen LogP) is 5.17. The van der Waals surface area contributed by atoms with Gasteiger partial charge in [0.15, 0.2) is 5.17 Å². The van der Waals surface area contributed by atoms with Gasteiger partial charge in [-0.15, -0.1) is 0 Å². The lowest BCUT2D eigenvalue weighted by Crippen LogP contribution is -2.37. The van der Waals surface area contributed by atoms with E-state index < -0.39 is 23.8 Å². The molecule has 194 valence electrons. The Morgan fingerprint density at radius 2 is 1.89 bits per heavy atom. The second kappa shape index (κ2) is 10.7. The number of hydrogen-bond donors (Lipinski definition) is 1. The monoisotopic (exact) mass is 531 g/mol. The van der Waals surface area contributed by atoms with Gasteiger partial charge in [0.05, 0.1) is 43.5 Å². The minimum absolute atomic E-state index is 0.0597. The number of nitrogens with zero attached hydrogens (tertiary/aromatic N) is 2. The molecule has 0 bridgehead atoms. The zero-order chi connectivity index (χ0) is 26.7. The average Bonchev–Trinajstić information content (AvgIpc) is 3.27. The fraction of sp³-hybridized carbons (Fsp3) is 0.269. The Balaban J connectivity index is 1.57. The molecule has 7 nitrogen and oxygen atoms in total. The van der Waals surface area contributed by atoms with Crippen LogP contribution in [0.2, 0.25) is 0 Å². The number of alkyl halides is 3. The summed E-state index contributed by atoms with van der Waals surface area (Å²) in [6.07, 6.45) is -4.53. The number of carbonyl (C=O) groups excluding carboxylic acids is 2. The van der Waals surface area contributed by atoms with Gasteiger partial charge in [-0.1, -0.05) is 36.0 Å². The lowest BCUT2D eigenvalue weighted by atomic mass is 9.93. The van der Waals surface area contributed by atoms with Gasteiger partial charge in [0, 0.05) is 12.2 Å². The first-order chi connectivity index (χ1) is 17.6. The highest BCUT2D eigenvalue weighted by molar-refractivity contribution is 8.16. The van der Waals surface area contributed by atoms with E-state index >= 15 is 0 Å². The van der Waals surface area contributed by atoms with Crippen molar-refractivity contribution in [3.63, 3.8) is 0 Å². The van der Waals surface area contributed by atoms with Crippen LogP contribution in [0, 0.1) is 0 Å². The first-order valence-corrected chi connectivity index (χ1v) is 12.1. The molecule has 37 heavy (non-hydrogen) atoms. The van der Waals surface area contributed by atoms with E-state index in [1.807, 2.05) is 11.0 Å². The Morgan fingerprint density at radius 3 is 2.59 bits per heavy atom. The SMILES string of the molecule is COC(=O)C1=C(C)N=C2SC=C(CC(=O)NCc3cccc(C(F)(F)F)c3)N2[C@H]1c1cccc(OC)c1. The number of thioether (sulfide) groups is 1. The summed E-state index contributed by atoms with van der Waals surface area (Å²) in [5, 5.41) is 5.06. The van der Waals surface area contributed by atoms with E-state index in [9.17, 15) is 22.8 Å². The van der Waals surface area contributed by atoms with Crippen molar-refractivity contribution in [1.29, 1.82) is 0 Å². The van der Waals surface area contributed by atoms with Crippen molar-refractivity contribution in [2.45, 2.75) is 32.1 Å². The van der Waals surface area contributed by atoms with Gasteiger partial charge in [-0.3, -0.25) is 4.79 Å². The number of allylic oxidation sites excluding steroid dienone is 1. The topological polar surface area (TPSA) is 80.2 Å². The van der Waals surface area contributed by atoms with Crippen LogP contribution < -0.4 is 10.1 Å². The number of aliphatic imine (C=N–C) groups is 1. The van der Waals surface area contributed by atoms with Gasteiger partial charge >= 0.3 is 12.1 Å². The molecule has 0 saturated heterocycles. The number of nitrogens with one attached hydrogen (secondary N) is 1. The molecule has 1 atom stereocenters. The van der Waals surface area contributed by atoms with Crippen molar-refractivity contribution in [2.24, 2.45) is 4.99 Å². The van der Waals surface area contributed by atoms with Gasteiger partial charge in [0.1, 0.15) is 5.75 Å². The number of methoxy groups -OCH3 is 2. The molecule has 11 heteroatoms. The maximum Gasteiger partial charge on any atom is 0.416 e. The Morgan fingerprint density at radius 1 is 1.14 bits per heavy atom. The zero-order valence-corrected chi connectivity index (χ0v) is 21.1. The fourth-order valence-corrected chi connectivity index (χ4v) is 5.12. The molecule has 0 aromatic heterocycles. The molecule has 2 aromatic rings. The zero-order valence-electron chi connectivity index (χ0n) is 20.3. The van der Waals surface area contributed by atoms with E-state index in [4.69, 9.17) is 9.47 Å². The van der Waals surface area contributed by atoms with Crippen LogP contribution >= 0.6 is 11.8 Å². The number of esters is 1. The molecule has 2 heterocycles. The highest BCUT2D eigenvalue weighted by Gasteiger charge is 2.41. The number of rotatable bonds is 7. The first-order valence-electron chi connectivity index (χ1n) is 11.2. The molecule has 1 N–H and O–H groups in total. The lowest BCUT2D eigenvalue weighted by molar-refractivity contribution is -0.138. The highest BCUT2D eigenvalue weighted by Crippen LogP contribution is 2.45. The van der Waals surface area contributed by atoms with Crippen LogP contribution in [0.3, 0.4) is 0 Å². The molecule has 0 fully saturated rings. The second-order valence-electron chi connectivity index (χ2n) is 8.31. The smallest absolute Gasteiger partial charge is 0.416 e. The number of halogens is 3. The third-order valence-corrected chi connectivity index (χ3v) is 6.79. The van der Waals surface area contributed by atoms with Gasteiger partial charge in [-0.2, -0.15) is 13.2 Å². The molecule has 0 radical (unpaired) electrons. The summed E-state index contributed by atoms with van der Waals surface area (Å²) >= 11 is 1.32. The van der Waals surface area contributed by atoms with Crippen LogP contribution in [-0.2, 0) is 27.0 Å². The minimum Gasteiger partial charge on any atom is -0.497 e. The molecule has 2 aromatic carbocycles. The molecule has 0 unspecified atom stereocenters. The molecule has 1 amide bonds. The van der Waals surface area contributed by atoms with Gasteiger partial charge in [-0.05, 0) is 47.7 Å². The summed E-state index contributed by atoms with van der Waals surface area (Å²) in [6, 6.07) is 11.4. The van der Waals surface area contributed by atoms with Gasteiger partial charge < -0.3 is 19.7 Å². The van der Waals surface area contributed by atoms with Crippen molar-refractivity contribution in [2.75, 3.05) is 14.2 Å². The second-order valence-corrected chi connectivity index (χ2v) is 9.15. The largest absolute Gasteiger partial charge is 0.497 e. The number of amidine groups is 1. The van der Waals surface area contributed by atoms with Crippen molar-refractivity contribution in [3.05, 3.63) is 87.6 Å². The molecule has 0 spiro atoms. The van der Waals surface area contributed by atoms with Crippen LogP contribution in [0.1, 0.15) is 36.1 Å². The minimum atomic E-state index is -4.46. The number of ether oxygens (including phenoxy) is 2. The van der Waals surface area contributed by atoms with E-state index in [0.717, 1.165) is 17.7 Å². The summed E-state index contributed by atoms with van der Waals surface area (Å²) in [6.45, 7) is 1.67. The number of hydrogen-bond acceptors (Lipinski definition) is 7. The van der Waals surface area contributed by atoms with E-state index in [1.54, 1.807) is 37.6 Å². The van der Waals surface area contributed by atoms with E-state index in [0.29, 0.717) is 33.4 Å². The van der Waals surface area contributed by atoms with Crippen LogP contribution in [-0.4, -0.2) is 36.2 Å². The van der Waals surface area contributed by atoms with Crippen LogP contribution in [0.25, 0.3) is 0 Å². The standard InChI is InChI=1S/C26H24F3N3O4S/c1-15-22(24(34)36-3)23(17-7-5-9-20(11-17)35-2)32-19(14-37-25(32)31-15)12-21(33)30-13-16-6-4-8-18(10-16)26(27,28)29/h4-11,14,23H,12-13H2,1-3H3,(H,30,33)/t23-/m0/s1. The fourth-order valence-electron chi connectivity index (χ4n) is 4.15. The van der Waals surface area contributed by atoms with Crippen LogP contribution in [0.15, 0.2) is 75.9 Å². The van der Waals surface area contributed by atoms with E-state index in [-0.39, 0.29) is 18.9 Å². The molecule has 0 aliphatic carbocycles. The third kappa shape index (κ3) is 5.66. The number of fused-ring (bicyclic) bond motifs is 1. The van der Waals surface area contributed by atoms with Crippen molar-refractivity contribution in [3.8, 4) is 5.75 Å². The normalized spacial score (nSPS) is 17.1. The lowest BCUT2D eigenvalue weighted by Gasteiger charge is -2.36. The molecule has 4 rings (SSSR count).